The summed E-state index contributed by atoms with van der Waals surface area (Å²) in [7, 11) is 0. The molecular formula is C11H12ClFN2O4. The van der Waals surface area contributed by atoms with Crippen LogP contribution >= 0.6 is 11.6 Å². The summed E-state index contributed by atoms with van der Waals surface area (Å²) in [6.45, 7) is 2.05. The molecule has 1 unspecified atom stereocenters. The maximum absolute atomic E-state index is 13.2. The van der Waals surface area contributed by atoms with Gasteiger partial charge in [-0.05, 0) is 0 Å². The zero-order valence-electron chi connectivity index (χ0n) is 9.90. The van der Waals surface area contributed by atoms with Crippen LogP contribution in [0.25, 0.3) is 0 Å². The SMILES string of the molecule is O=[N+]([O-])c1cc(F)c(Cl)cc1OCC1CNCCO1. The highest BCUT2D eigenvalue weighted by Crippen LogP contribution is 2.32. The van der Waals surface area contributed by atoms with Gasteiger partial charge < -0.3 is 14.8 Å². The molecule has 0 bridgehead atoms. The lowest BCUT2D eigenvalue weighted by atomic mass is 10.3. The van der Waals surface area contributed by atoms with Crippen molar-refractivity contribution in [3.05, 3.63) is 33.1 Å². The topological polar surface area (TPSA) is 73.6 Å². The zero-order valence-corrected chi connectivity index (χ0v) is 10.7. The van der Waals surface area contributed by atoms with Gasteiger partial charge in [0, 0.05) is 19.2 Å². The summed E-state index contributed by atoms with van der Waals surface area (Å²) in [5, 5.41) is 13.7. The lowest BCUT2D eigenvalue weighted by molar-refractivity contribution is -0.386. The van der Waals surface area contributed by atoms with Gasteiger partial charge in [0.1, 0.15) is 18.5 Å². The van der Waals surface area contributed by atoms with E-state index in [1.54, 1.807) is 0 Å². The molecule has 1 fully saturated rings. The molecular weight excluding hydrogens is 279 g/mol. The predicted molar refractivity (Wildman–Crippen MR) is 66.2 cm³/mol. The number of rotatable bonds is 4. The average molecular weight is 291 g/mol. The highest BCUT2D eigenvalue weighted by atomic mass is 35.5. The molecule has 2 rings (SSSR count). The van der Waals surface area contributed by atoms with E-state index in [4.69, 9.17) is 21.1 Å². The zero-order chi connectivity index (χ0) is 13.8. The monoisotopic (exact) mass is 290 g/mol. The van der Waals surface area contributed by atoms with Crippen molar-refractivity contribution >= 4 is 17.3 Å². The van der Waals surface area contributed by atoms with Gasteiger partial charge in [0.15, 0.2) is 5.75 Å². The molecule has 0 radical (unpaired) electrons. The number of nitrogens with zero attached hydrogens (tertiary/aromatic N) is 1. The lowest BCUT2D eigenvalue weighted by Gasteiger charge is -2.23. The van der Waals surface area contributed by atoms with E-state index in [1.165, 1.54) is 0 Å². The highest BCUT2D eigenvalue weighted by Gasteiger charge is 2.21. The molecule has 1 saturated heterocycles. The van der Waals surface area contributed by atoms with E-state index >= 15 is 0 Å². The molecule has 8 heteroatoms. The van der Waals surface area contributed by atoms with Crippen molar-refractivity contribution in [2.24, 2.45) is 0 Å². The molecule has 1 atom stereocenters. The molecule has 0 aliphatic carbocycles. The Bertz CT molecular complexity index is 480. The number of nitro groups is 1. The van der Waals surface area contributed by atoms with Gasteiger partial charge in [-0.15, -0.1) is 0 Å². The van der Waals surface area contributed by atoms with E-state index in [0.29, 0.717) is 13.2 Å². The average Bonchev–Trinajstić information content (AvgIpc) is 2.40. The van der Waals surface area contributed by atoms with Crippen LogP contribution < -0.4 is 10.1 Å². The number of nitro benzene ring substituents is 1. The highest BCUT2D eigenvalue weighted by molar-refractivity contribution is 6.31. The fourth-order valence-electron chi connectivity index (χ4n) is 1.69. The van der Waals surface area contributed by atoms with Crippen molar-refractivity contribution < 1.29 is 18.8 Å². The van der Waals surface area contributed by atoms with Gasteiger partial charge in [-0.25, -0.2) is 4.39 Å². The molecule has 1 N–H and O–H groups in total. The van der Waals surface area contributed by atoms with E-state index < -0.39 is 16.4 Å². The molecule has 104 valence electrons. The second kappa shape index (κ2) is 6.14. The first kappa shape index (κ1) is 14.0. The summed E-state index contributed by atoms with van der Waals surface area (Å²) >= 11 is 5.59. The largest absolute Gasteiger partial charge is 0.484 e. The molecule has 19 heavy (non-hydrogen) atoms. The van der Waals surface area contributed by atoms with E-state index in [9.17, 15) is 14.5 Å². The minimum Gasteiger partial charge on any atom is -0.484 e. The van der Waals surface area contributed by atoms with Gasteiger partial charge in [-0.1, -0.05) is 11.6 Å². The van der Waals surface area contributed by atoms with Crippen LogP contribution in [-0.4, -0.2) is 37.3 Å². The van der Waals surface area contributed by atoms with Crippen molar-refractivity contribution in [3.63, 3.8) is 0 Å². The number of hydrogen-bond acceptors (Lipinski definition) is 5. The van der Waals surface area contributed by atoms with Crippen LogP contribution in [0, 0.1) is 15.9 Å². The summed E-state index contributed by atoms with van der Waals surface area (Å²) in [5.74, 6) is -0.915. The Morgan fingerprint density at radius 2 is 2.42 bits per heavy atom. The molecule has 6 nitrogen and oxygen atoms in total. The first-order chi connectivity index (χ1) is 9.08. The number of ether oxygens (including phenoxy) is 2. The number of halogens is 2. The van der Waals surface area contributed by atoms with E-state index in [0.717, 1.165) is 18.7 Å². The lowest BCUT2D eigenvalue weighted by Crippen LogP contribution is -2.41. The van der Waals surface area contributed by atoms with Gasteiger partial charge >= 0.3 is 5.69 Å². The Morgan fingerprint density at radius 3 is 3.05 bits per heavy atom. The summed E-state index contributed by atoms with van der Waals surface area (Å²) in [6.07, 6.45) is -0.197. The van der Waals surface area contributed by atoms with Crippen LogP contribution in [0.1, 0.15) is 0 Å². The minimum atomic E-state index is -0.851. The standard InChI is InChI=1S/C11H12ClFN2O4/c12-8-3-11(10(15(16)17)4-9(8)13)19-6-7-5-14-1-2-18-7/h3-4,7,14H,1-2,5-6H2. The van der Waals surface area contributed by atoms with E-state index in [2.05, 4.69) is 5.32 Å². The number of morpholine rings is 1. The molecule has 1 aromatic rings. The summed E-state index contributed by atoms with van der Waals surface area (Å²) < 4.78 is 23.9. The maximum atomic E-state index is 13.2. The van der Waals surface area contributed by atoms with Crippen LogP contribution in [-0.2, 0) is 4.74 Å². The van der Waals surface area contributed by atoms with Gasteiger partial charge in [-0.2, -0.15) is 0 Å². The van der Waals surface area contributed by atoms with Crippen molar-refractivity contribution in [1.29, 1.82) is 0 Å². The predicted octanol–water partition coefficient (Wildman–Crippen LogP) is 1.75. The quantitative estimate of drug-likeness (QED) is 0.675. The molecule has 0 saturated carbocycles. The smallest absolute Gasteiger partial charge is 0.313 e. The molecule has 1 heterocycles. The van der Waals surface area contributed by atoms with Crippen molar-refractivity contribution in [3.8, 4) is 5.75 Å². The Labute approximate surface area is 113 Å². The summed E-state index contributed by atoms with van der Waals surface area (Å²) in [4.78, 5) is 10.1. The second-order valence-electron chi connectivity index (χ2n) is 4.00. The normalized spacial score (nSPS) is 19.2. The Hall–Kier alpha value is -1.44. The molecule has 0 amide bonds. The summed E-state index contributed by atoms with van der Waals surface area (Å²) in [5.41, 5.74) is -0.453. The van der Waals surface area contributed by atoms with Crippen molar-refractivity contribution in [2.75, 3.05) is 26.3 Å². The first-order valence-corrected chi connectivity index (χ1v) is 6.04. The van der Waals surface area contributed by atoms with Crippen molar-refractivity contribution in [1.82, 2.24) is 5.32 Å². The third-order valence-electron chi connectivity index (χ3n) is 2.63. The third-order valence-corrected chi connectivity index (χ3v) is 2.92. The van der Waals surface area contributed by atoms with Gasteiger partial charge in [0.05, 0.1) is 22.6 Å². The van der Waals surface area contributed by atoms with E-state index in [1.807, 2.05) is 0 Å². The minimum absolute atomic E-state index is 0.0643. The fourth-order valence-corrected chi connectivity index (χ4v) is 1.84. The van der Waals surface area contributed by atoms with Crippen molar-refractivity contribution in [2.45, 2.75) is 6.10 Å². The molecule has 1 aromatic carbocycles. The van der Waals surface area contributed by atoms with Crippen LogP contribution in [0.5, 0.6) is 5.75 Å². The van der Waals surface area contributed by atoms with Crippen LogP contribution in [0.3, 0.4) is 0 Å². The number of benzene rings is 1. The van der Waals surface area contributed by atoms with E-state index in [-0.39, 0.29) is 23.5 Å². The molecule has 0 spiro atoms. The first-order valence-electron chi connectivity index (χ1n) is 5.66. The molecule has 1 aliphatic rings. The fraction of sp³-hybridized carbons (Fsp3) is 0.455. The van der Waals surface area contributed by atoms with Crippen LogP contribution in [0.4, 0.5) is 10.1 Å². The summed E-state index contributed by atoms with van der Waals surface area (Å²) in [6, 6.07) is 1.85. The van der Waals surface area contributed by atoms with Gasteiger partial charge in [0.25, 0.3) is 0 Å². The van der Waals surface area contributed by atoms with Crippen LogP contribution in [0.15, 0.2) is 12.1 Å². The second-order valence-corrected chi connectivity index (χ2v) is 4.41. The molecule has 1 aliphatic heterocycles. The third kappa shape index (κ3) is 3.52. The van der Waals surface area contributed by atoms with Crippen LogP contribution in [0.2, 0.25) is 5.02 Å². The molecule has 0 aromatic heterocycles. The Balaban J connectivity index is 2.09. The maximum Gasteiger partial charge on any atom is 0.313 e. The Morgan fingerprint density at radius 1 is 1.63 bits per heavy atom. The number of hydrogen-bond donors (Lipinski definition) is 1. The Kier molecular flexibility index (Phi) is 4.52. The van der Waals surface area contributed by atoms with Gasteiger partial charge in [0.2, 0.25) is 0 Å². The van der Waals surface area contributed by atoms with Gasteiger partial charge in [-0.3, -0.25) is 10.1 Å². The number of nitrogens with one attached hydrogen (secondary N) is 1.